The van der Waals surface area contributed by atoms with Gasteiger partial charge in [-0.25, -0.2) is 4.79 Å². The van der Waals surface area contributed by atoms with Gasteiger partial charge in [0.25, 0.3) is 0 Å². The number of aromatic carboxylic acids is 1. The molecule has 7 heteroatoms. The first-order chi connectivity index (χ1) is 12.0. The van der Waals surface area contributed by atoms with Crippen molar-refractivity contribution in [2.24, 2.45) is 5.73 Å². The molecule has 0 fully saturated rings. The number of aromatic nitrogens is 1. The predicted octanol–water partition coefficient (Wildman–Crippen LogP) is 2.27. The van der Waals surface area contributed by atoms with Crippen LogP contribution in [0.5, 0.6) is 0 Å². The van der Waals surface area contributed by atoms with Gasteiger partial charge in [0.1, 0.15) is 5.56 Å². The fourth-order valence-electron chi connectivity index (χ4n) is 3.23. The van der Waals surface area contributed by atoms with Crippen molar-refractivity contribution in [2.75, 3.05) is 25.5 Å². The molecular weight excluding hydrogens is 340 g/mol. The van der Waals surface area contributed by atoms with E-state index in [-0.39, 0.29) is 11.6 Å². The van der Waals surface area contributed by atoms with Crippen LogP contribution in [0.4, 0.5) is 0 Å². The summed E-state index contributed by atoms with van der Waals surface area (Å²) < 4.78 is 7.32. The van der Waals surface area contributed by atoms with Gasteiger partial charge in [-0.1, -0.05) is 0 Å². The number of hydrogen-bond donors (Lipinski definition) is 2. The van der Waals surface area contributed by atoms with Gasteiger partial charge in [0, 0.05) is 34.8 Å². The lowest BCUT2D eigenvalue weighted by Gasteiger charge is -2.27. The van der Waals surface area contributed by atoms with Gasteiger partial charge < -0.3 is 20.1 Å². The van der Waals surface area contributed by atoms with Crippen LogP contribution in [0.25, 0.3) is 10.9 Å². The van der Waals surface area contributed by atoms with E-state index in [0.29, 0.717) is 25.1 Å². The van der Waals surface area contributed by atoms with Gasteiger partial charge in [0.15, 0.2) is 0 Å². The molecule has 0 bridgehead atoms. The lowest BCUT2D eigenvalue weighted by atomic mass is 9.96. The highest BCUT2D eigenvalue weighted by atomic mass is 32.2. The third-order valence-corrected chi connectivity index (χ3v) is 5.41. The molecule has 3 rings (SSSR count). The largest absolute Gasteiger partial charge is 0.477 e. The zero-order valence-electron chi connectivity index (χ0n) is 14.2. The van der Waals surface area contributed by atoms with E-state index in [1.807, 2.05) is 10.6 Å². The van der Waals surface area contributed by atoms with Gasteiger partial charge >= 0.3 is 5.97 Å². The first kappa shape index (κ1) is 18.0. The SMILES string of the molecule is C[C@@H]1CCc2cc(SCCOCCN)cc3c(=O)c(C(=O)O)cn1c23. The quantitative estimate of drug-likeness (QED) is 0.580. The van der Waals surface area contributed by atoms with Gasteiger partial charge in [-0.15, -0.1) is 11.8 Å². The Morgan fingerprint density at radius 2 is 2.24 bits per heavy atom. The number of carboxylic acids is 1. The summed E-state index contributed by atoms with van der Waals surface area (Å²) in [5.41, 5.74) is 6.80. The van der Waals surface area contributed by atoms with Crippen LogP contribution in [0.1, 0.15) is 35.3 Å². The van der Waals surface area contributed by atoms with Crippen molar-refractivity contribution >= 4 is 28.6 Å². The summed E-state index contributed by atoms with van der Waals surface area (Å²) in [5, 5.41) is 9.86. The predicted molar refractivity (Wildman–Crippen MR) is 98.8 cm³/mol. The van der Waals surface area contributed by atoms with E-state index in [0.717, 1.165) is 34.6 Å². The molecule has 0 saturated heterocycles. The van der Waals surface area contributed by atoms with Crippen LogP contribution in [-0.2, 0) is 11.2 Å². The summed E-state index contributed by atoms with van der Waals surface area (Å²) in [6.07, 6.45) is 3.31. The topological polar surface area (TPSA) is 94.6 Å². The lowest BCUT2D eigenvalue weighted by Crippen LogP contribution is -2.23. The molecular formula is C18H22N2O4S. The van der Waals surface area contributed by atoms with Crippen molar-refractivity contribution in [1.29, 1.82) is 0 Å². The van der Waals surface area contributed by atoms with Gasteiger partial charge in [0.05, 0.1) is 18.7 Å². The highest BCUT2D eigenvalue weighted by Gasteiger charge is 2.23. The van der Waals surface area contributed by atoms with Crippen molar-refractivity contribution in [1.82, 2.24) is 4.57 Å². The zero-order valence-corrected chi connectivity index (χ0v) is 15.0. The molecule has 2 aromatic rings. The Morgan fingerprint density at radius 1 is 1.44 bits per heavy atom. The number of hydrogen-bond acceptors (Lipinski definition) is 5. The minimum Gasteiger partial charge on any atom is -0.477 e. The van der Waals surface area contributed by atoms with E-state index in [1.165, 1.54) is 6.20 Å². The second kappa shape index (κ2) is 7.59. The molecule has 1 aliphatic heterocycles. The Hall–Kier alpha value is -1.83. The third kappa shape index (κ3) is 3.58. The molecule has 25 heavy (non-hydrogen) atoms. The number of thioether (sulfide) groups is 1. The minimum absolute atomic E-state index is 0.166. The normalized spacial score (nSPS) is 16.3. The van der Waals surface area contributed by atoms with Crippen LogP contribution in [0.2, 0.25) is 0 Å². The molecule has 1 atom stereocenters. The van der Waals surface area contributed by atoms with Crippen LogP contribution in [-0.4, -0.2) is 41.2 Å². The zero-order chi connectivity index (χ0) is 18.0. The van der Waals surface area contributed by atoms with Crippen molar-refractivity contribution in [3.63, 3.8) is 0 Å². The molecule has 0 unspecified atom stereocenters. The Balaban J connectivity index is 2.02. The molecule has 1 aromatic heterocycles. The summed E-state index contributed by atoms with van der Waals surface area (Å²) in [4.78, 5) is 25.1. The molecule has 0 radical (unpaired) electrons. The van der Waals surface area contributed by atoms with Crippen molar-refractivity contribution in [3.05, 3.63) is 39.7 Å². The Kier molecular flexibility index (Phi) is 5.46. The Bertz CT molecular complexity index is 862. The monoisotopic (exact) mass is 362 g/mol. The number of carboxylic acid groups (broad SMARTS) is 1. The van der Waals surface area contributed by atoms with E-state index in [2.05, 4.69) is 13.0 Å². The number of carbonyl (C=O) groups is 1. The van der Waals surface area contributed by atoms with Crippen LogP contribution >= 0.6 is 11.8 Å². The first-order valence-corrected chi connectivity index (χ1v) is 9.37. The van der Waals surface area contributed by atoms with Crippen molar-refractivity contribution < 1.29 is 14.6 Å². The van der Waals surface area contributed by atoms with Crippen LogP contribution < -0.4 is 11.2 Å². The smallest absolute Gasteiger partial charge is 0.341 e. The molecule has 1 aliphatic rings. The number of nitrogens with zero attached hydrogens (tertiary/aromatic N) is 1. The number of benzene rings is 1. The number of aryl methyl sites for hydroxylation is 1. The molecule has 6 nitrogen and oxygen atoms in total. The highest BCUT2D eigenvalue weighted by Crippen LogP contribution is 2.33. The summed E-state index contributed by atoms with van der Waals surface area (Å²) in [7, 11) is 0. The van der Waals surface area contributed by atoms with E-state index >= 15 is 0 Å². The maximum absolute atomic E-state index is 12.6. The second-order valence-electron chi connectivity index (χ2n) is 6.20. The molecule has 3 N–H and O–H groups in total. The average molecular weight is 362 g/mol. The second-order valence-corrected chi connectivity index (χ2v) is 7.37. The number of rotatable bonds is 7. The van der Waals surface area contributed by atoms with Crippen LogP contribution in [0.15, 0.2) is 28.0 Å². The molecule has 0 spiro atoms. The maximum atomic E-state index is 12.6. The molecule has 1 aromatic carbocycles. The van der Waals surface area contributed by atoms with E-state index in [1.54, 1.807) is 11.8 Å². The van der Waals surface area contributed by atoms with Crippen LogP contribution in [0, 0.1) is 0 Å². The van der Waals surface area contributed by atoms with Gasteiger partial charge in [-0.2, -0.15) is 0 Å². The van der Waals surface area contributed by atoms with Crippen molar-refractivity contribution in [2.45, 2.75) is 30.7 Å². The number of nitrogens with two attached hydrogens (primary N) is 1. The van der Waals surface area contributed by atoms with E-state index in [9.17, 15) is 14.7 Å². The molecule has 2 heterocycles. The molecule has 0 aliphatic carbocycles. The summed E-state index contributed by atoms with van der Waals surface area (Å²) in [6.45, 7) is 3.68. The summed E-state index contributed by atoms with van der Waals surface area (Å²) >= 11 is 1.61. The number of ether oxygens (including phenoxy) is 1. The standard InChI is InChI=1S/C18H22N2O4S/c1-11-2-3-12-8-13(25-7-6-24-5-4-19)9-14-16(12)20(11)10-15(17(14)21)18(22)23/h8-11H,2-7,19H2,1H3,(H,22,23)/t11-/m1/s1. The van der Waals surface area contributed by atoms with Gasteiger partial charge in [-0.05, 0) is 37.5 Å². The molecule has 0 amide bonds. The summed E-state index contributed by atoms with van der Waals surface area (Å²) in [5.74, 6) is -0.419. The first-order valence-electron chi connectivity index (χ1n) is 8.38. The summed E-state index contributed by atoms with van der Waals surface area (Å²) in [6, 6.07) is 4.10. The number of pyridine rings is 1. The fraction of sp³-hybridized carbons (Fsp3) is 0.444. The van der Waals surface area contributed by atoms with E-state index in [4.69, 9.17) is 10.5 Å². The maximum Gasteiger partial charge on any atom is 0.341 e. The lowest BCUT2D eigenvalue weighted by molar-refractivity contribution is 0.0694. The third-order valence-electron chi connectivity index (χ3n) is 4.47. The van der Waals surface area contributed by atoms with Gasteiger partial charge in [-0.3, -0.25) is 4.79 Å². The average Bonchev–Trinajstić information content (AvgIpc) is 2.59. The minimum atomic E-state index is -1.18. The molecule has 134 valence electrons. The van der Waals surface area contributed by atoms with E-state index < -0.39 is 11.4 Å². The van der Waals surface area contributed by atoms with Crippen LogP contribution in [0.3, 0.4) is 0 Å². The highest BCUT2D eigenvalue weighted by molar-refractivity contribution is 7.99. The Morgan fingerprint density at radius 3 is 2.96 bits per heavy atom. The Labute approximate surface area is 150 Å². The molecule has 0 saturated carbocycles. The fourth-order valence-corrected chi connectivity index (χ4v) is 4.10. The van der Waals surface area contributed by atoms with Gasteiger partial charge in [0.2, 0.25) is 5.43 Å². The van der Waals surface area contributed by atoms with Crippen molar-refractivity contribution in [3.8, 4) is 0 Å².